The van der Waals surface area contributed by atoms with Gasteiger partial charge < -0.3 is 4.98 Å². The molecule has 0 aliphatic carbocycles. The van der Waals surface area contributed by atoms with E-state index in [1.807, 2.05) is 6.92 Å². The van der Waals surface area contributed by atoms with Crippen molar-refractivity contribution in [1.82, 2.24) is 9.97 Å². The lowest BCUT2D eigenvalue weighted by atomic mass is 10.0. The van der Waals surface area contributed by atoms with Crippen LogP contribution < -0.4 is 5.56 Å². The van der Waals surface area contributed by atoms with E-state index in [1.54, 1.807) is 26.0 Å². The molecule has 0 amide bonds. The first-order valence-electron chi connectivity index (χ1n) is 5.33. The zero-order valence-electron chi connectivity index (χ0n) is 9.97. The van der Waals surface area contributed by atoms with Crippen molar-refractivity contribution in [3.8, 4) is 11.3 Å². The monoisotopic (exact) mass is 232 g/mol. The minimum absolute atomic E-state index is 0.228. The molecule has 0 saturated carbocycles. The van der Waals surface area contributed by atoms with E-state index in [0.29, 0.717) is 22.6 Å². The van der Waals surface area contributed by atoms with Gasteiger partial charge in [-0.05, 0) is 32.9 Å². The molecule has 0 fully saturated rings. The fourth-order valence-corrected chi connectivity index (χ4v) is 1.73. The van der Waals surface area contributed by atoms with Gasteiger partial charge in [-0.15, -0.1) is 0 Å². The quantitative estimate of drug-likeness (QED) is 0.821. The first kappa shape index (κ1) is 11.5. The highest BCUT2D eigenvalue weighted by molar-refractivity contribution is 5.63. The third-order valence-corrected chi connectivity index (χ3v) is 2.65. The van der Waals surface area contributed by atoms with Crippen LogP contribution in [-0.4, -0.2) is 9.97 Å². The molecule has 1 N–H and O–H groups in total. The normalized spacial score (nSPS) is 10.6. The maximum atomic E-state index is 13.7. The first-order chi connectivity index (χ1) is 7.99. The number of hydrogen-bond acceptors (Lipinski definition) is 2. The molecule has 17 heavy (non-hydrogen) atoms. The predicted molar refractivity (Wildman–Crippen MR) is 64.5 cm³/mol. The molecule has 1 aromatic carbocycles. The van der Waals surface area contributed by atoms with Crippen LogP contribution in [0.25, 0.3) is 11.3 Å². The van der Waals surface area contributed by atoms with Crippen LogP contribution in [0.4, 0.5) is 4.39 Å². The van der Waals surface area contributed by atoms with Crippen LogP contribution in [0.2, 0.25) is 0 Å². The average Bonchev–Trinajstić information content (AvgIpc) is 2.27. The molecule has 0 spiro atoms. The van der Waals surface area contributed by atoms with E-state index in [4.69, 9.17) is 0 Å². The highest BCUT2D eigenvalue weighted by Crippen LogP contribution is 2.23. The number of halogens is 1. The van der Waals surface area contributed by atoms with E-state index >= 15 is 0 Å². The van der Waals surface area contributed by atoms with Gasteiger partial charge >= 0.3 is 0 Å². The zero-order chi connectivity index (χ0) is 12.6. The van der Waals surface area contributed by atoms with Crippen LogP contribution in [0, 0.1) is 26.6 Å². The van der Waals surface area contributed by atoms with E-state index in [9.17, 15) is 9.18 Å². The molecule has 0 bridgehead atoms. The van der Waals surface area contributed by atoms with Crippen molar-refractivity contribution in [1.29, 1.82) is 0 Å². The molecule has 0 unspecified atom stereocenters. The van der Waals surface area contributed by atoms with Crippen LogP contribution >= 0.6 is 0 Å². The number of rotatable bonds is 1. The second-order valence-electron chi connectivity index (χ2n) is 4.11. The highest BCUT2D eigenvalue weighted by Gasteiger charge is 2.12. The minimum Gasteiger partial charge on any atom is -0.311 e. The van der Waals surface area contributed by atoms with E-state index < -0.39 is 0 Å². The number of hydrogen-bond donors (Lipinski definition) is 1. The predicted octanol–water partition coefficient (Wildman–Crippen LogP) is 2.50. The summed E-state index contributed by atoms with van der Waals surface area (Å²) in [5.41, 5.74) is 1.91. The Morgan fingerprint density at radius 3 is 2.65 bits per heavy atom. The van der Waals surface area contributed by atoms with E-state index in [-0.39, 0.29) is 11.4 Å². The molecule has 0 aliphatic heterocycles. The van der Waals surface area contributed by atoms with Gasteiger partial charge in [0.15, 0.2) is 0 Å². The zero-order valence-corrected chi connectivity index (χ0v) is 9.97. The lowest BCUT2D eigenvalue weighted by Gasteiger charge is -2.07. The van der Waals surface area contributed by atoms with Crippen molar-refractivity contribution in [3.05, 3.63) is 51.3 Å². The second-order valence-corrected chi connectivity index (χ2v) is 4.11. The third-order valence-electron chi connectivity index (χ3n) is 2.65. The molecule has 2 rings (SSSR count). The lowest BCUT2D eigenvalue weighted by molar-refractivity contribution is 0.630. The van der Waals surface area contributed by atoms with Crippen LogP contribution in [0.5, 0.6) is 0 Å². The number of aromatic nitrogens is 2. The van der Waals surface area contributed by atoms with Gasteiger partial charge in [-0.3, -0.25) is 4.79 Å². The molecular weight excluding hydrogens is 219 g/mol. The molecule has 3 nitrogen and oxygen atoms in total. The Labute approximate surface area is 98.3 Å². The molecule has 2 aromatic rings. The summed E-state index contributed by atoms with van der Waals surface area (Å²) in [7, 11) is 0. The van der Waals surface area contributed by atoms with Crippen molar-refractivity contribution in [2.75, 3.05) is 0 Å². The topological polar surface area (TPSA) is 45.8 Å². The summed E-state index contributed by atoms with van der Waals surface area (Å²) >= 11 is 0. The number of benzene rings is 1. The van der Waals surface area contributed by atoms with Crippen molar-refractivity contribution < 1.29 is 4.39 Å². The van der Waals surface area contributed by atoms with Gasteiger partial charge in [0, 0.05) is 11.1 Å². The summed E-state index contributed by atoms with van der Waals surface area (Å²) in [5, 5.41) is 0. The Kier molecular flexibility index (Phi) is 2.79. The van der Waals surface area contributed by atoms with E-state index in [2.05, 4.69) is 9.97 Å². The Bertz CT molecular complexity index is 632. The molecule has 0 radical (unpaired) electrons. The van der Waals surface area contributed by atoms with Crippen LogP contribution in [0.15, 0.2) is 23.0 Å². The Morgan fingerprint density at radius 1 is 1.24 bits per heavy atom. The number of aromatic amines is 1. The highest BCUT2D eigenvalue weighted by atomic mass is 19.1. The van der Waals surface area contributed by atoms with Gasteiger partial charge in [-0.25, -0.2) is 9.37 Å². The molecule has 1 aromatic heterocycles. The number of nitrogens with one attached hydrogen (secondary N) is 1. The SMILES string of the molecule is Cc1ccc(F)c(-c2nc(C)[nH]c(=O)c2C)c1. The van der Waals surface area contributed by atoms with Gasteiger partial charge in [-0.1, -0.05) is 11.6 Å². The van der Waals surface area contributed by atoms with Gasteiger partial charge in [-0.2, -0.15) is 0 Å². The molecule has 4 heteroatoms. The maximum absolute atomic E-state index is 13.7. The van der Waals surface area contributed by atoms with Crippen molar-refractivity contribution >= 4 is 0 Å². The summed E-state index contributed by atoms with van der Waals surface area (Å²) in [5.74, 6) is 0.118. The molecule has 1 heterocycles. The molecule has 0 atom stereocenters. The Morgan fingerprint density at radius 2 is 1.94 bits per heavy atom. The maximum Gasteiger partial charge on any atom is 0.254 e. The van der Waals surface area contributed by atoms with E-state index in [1.165, 1.54) is 6.07 Å². The number of H-pyrrole nitrogens is 1. The average molecular weight is 232 g/mol. The van der Waals surface area contributed by atoms with Gasteiger partial charge in [0.2, 0.25) is 0 Å². The van der Waals surface area contributed by atoms with Crippen LogP contribution in [0.1, 0.15) is 17.0 Å². The second kappa shape index (κ2) is 4.13. The van der Waals surface area contributed by atoms with Gasteiger partial charge in [0.1, 0.15) is 11.6 Å². The largest absolute Gasteiger partial charge is 0.311 e. The van der Waals surface area contributed by atoms with E-state index in [0.717, 1.165) is 5.56 Å². The Balaban J connectivity index is 2.76. The smallest absolute Gasteiger partial charge is 0.254 e. The van der Waals surface area contributed by atoms with Crippen LogP contribution in [0.3, 0.4) is 0 Å². The van der Waals surface area contributed by atoms with Gasteiger partial charge in [0.25, 0.3) is 5.56 Å². The molecule has 0 aliphatic rings. The first-order valence-corrected chi connectivity index (χ1v) is 5.33. The lowest BCUT2D eigenvalue weighted by Crippen LogP contribution is -2.14. The summed E-state index contributed by atoms with van der Waals surface area (Å²) in [6, 6.07) is 4.78. The van der Waals surface area contributed by atoms with Crippen LogP contribution in [-0.2, 0) is 0 Å². The van der Waals surface area contributed by atoms with Crippen molar-refractivity contribution in [2.24, 2.45) is 0 Å². The standard InChI is InChI=1S/C13H13FN2O/c1-7-4-5-11(14)10(6-7)12-8(2)13(17)16-9(3)15-12/h4-6H,1-3H3,(H,15,16,17). The molecule has 88 valence electrons. The van der Waals surface area contributed by atoms with Gasteiger partial charge in [0.05, 0.1) is 5.69 Å². The summed E-state index contributed by atoms with van der Waals surface area (Å²) in [4.78, 5) is 18.4. The Hall–Kier alpha value is -1.97. The summed E-state index contributed by atoms with van der Waals surface area (Å²) in [6.07, 6.45) is 0. The minimum atomic E-state index is -0.365. The number of nitrogens with zero attached hydrogens (tertiary/aromatic N) is 1. The fraction of sp³-hybridized carbons (Fsp3) is 0.231. The number of aryl methyl sites for hydroxylation is 2. The van der Waals surface area contributed by atoms with Crippen molar-refractivity contribution in [2.45, 2.75) is 20.8 Å². The summed E-state index contributed by atoms with van der Waals surface area (Å²) in [6.45, 7) is 5.19. The fourth-order valence-electron chi connectivity index (χ4n) is 1.73. The van der Waals surface area contributed by atoms with Crippen molar-refractivity contribution in [3.63, 3.8) is 0 Å². The third kappa shape index (κ3) is 2.11. The summed E-state index contributed by atoms with van der Waals surface area (Å²) < 4.78 is 13.7. The molecule has 0 saturated heterocycles. The molecular formula is C13H13FN2O.